The molecular formula is C27H31FN6O5. The minimum atomic E-state index is -1.13. The smallest absolute Gasteiger partial charge is 0.274 e. The molecular weight excluding hydrogens is 507 g/mol. The van der Waals surface area contributed by atoms with Gasteiger partial charge in [0.05, 0.1) is 0 Å². The van der Waals surface area contributed by atoms with E-state index in [0.717, 1.165) is 6.42 Å². The molecule has 1 fully saturated rings. The average molecular weight is 539 g/mol. The van der Waals surface area contributed by atoms with Gasteiger partial charge >= 0.3 is 0 Å². The second kappa shape index (κ2) is 13.3. The predicted octanol–water partition coefficient (Wildman–Crippen LogP) is 1.40. The predicted molar refractivity (Wildman–Crippen MR) is 137 cm³/mol. The number of carbonyl (C=O) groups is 4. The normalized spacial score (nSPS) is 16.8. The van der Waals surface area contributed by atoms with Crippen LogP contribution < -0.4 is 16.0 Å². The number of rotatable bonds is 10. The molecule has 1 aliphatic heterocycles. The zero-order valence-corrected chi connectivity index (χ0v) is 22.0. The topological polar surface area (TPSA) is 157 Å². The number of benzene rings is 1. The number of hydrogen-bond acceptors (Lipinski definition) is 7. The van der Waals surface area contributed by atoms with Crippen molar-refractivity contribution in [3.05, 3.63) is 64.8 Å². The maximum absolute atomic E-state index is 13.5. The fraction of sp³-hybridized carbons (Fsp3) is 0.407. The van der Waals surface area contributed by atoms with Crippen LogP contribution in [-0.2, 0) is 20.8 Å². The lowest BCUT2D eigenvalue weighted by molar-refractivity contribution is -0.128. The van der Waals surface area contributed by atoms with E-state index in [0.29, 0.717) is 24.3 Å². The van der Waals surface area contributed by atoms with Gasteiger partial charge in [0.2, 0.25) is 11.8 Å². The van der Waals surface area contributed by atoms with Gasteiger partial charge in [-0.3, -0.25) is 19.2 Å². The molecule has 3 rings (SSSR count). The molecule has 0 spiro atoms. The van der Waals surface area contributed by atoms with Crippen molar-refractivity contribution in [2.24, 2.45) is 5.92 Å². The van der Waals surface area contributed by atoms with Gasteiger partial charge in [0.1, 0.15) is 29.3 Å². The molecule has 1 aromatic heterocycles. The quantitative estimate of drug-likeness (QED) is 0.305. The van der Waals surface area contributed by atoms with Gasteiger partial charge in [-0.05, 0) is 50.0 Å². The highest BCUT2D eigenvalue weighted by Crippen LogP contribution is 2.19. The maximum atomic E-state index is 13.5. The first-order chi connectivity index (χ1) is 18.6. The van der Waals surface area contributed by atoms with E-state index in [1.165, 1.54) is 55.4 Å². The van der Waals surface area contributed by atoms with Crippen molar-refractivity contribution >= 4 is 23.6 Å². The van der Waals surface area contributed by atoms with Gasteiger partial charge in [-0.1, -0.05) is 17.3 Å². The van der Waals surface area contributed by atoms with Crippen molar-refractivity contribution in [2.75, 3.05) is 20.6 Å². The summed E-state index contributed by atoms with van der Waals surface area (Å²) in [6, 6.07) is 6.75. The second-order valence-electron chi connectivity index (χ2n) is 9.55. The van der Waals surface area contributed by atoms with Crippen molar-refractivity contribution in [3.63, 3.8) is 0 Å². The number of carbonyl (C=O) groups excluding carboxylic acids is 4. The molecule has 1 aliphatic rings. The van der Waals surface area contributed by atoms with Crippen LogP contribution in [0.15, 0.2) is 46.5 Å². The summed E-state index contributed by atoms with van der Waals surface area (Å²) in [6.45, 7) is 2.17. The Morgan fingerprint density at radius 2 is 2.00 bits per heavy atom. The molecule has 0 bridgehead atoms. The van der Waals surface area contributed by atoms with Crippen LogP contribution in [0.4, 0.5) is 4.39 Å². The molecule has 206 valence electrons. The molecule has 0 saturated carbocycles. The van der Waals surface area contributed by atoms with Crippen molar-refractivity contribution < 1.29 is 28.1 Å². The Morgan fingerprint density at radius 1 is 1.28 bits per heavy atom. The van der Waals surface area contributed by atoms with E-state index in [4.69, 9.17) is 4.52 Å². The largest absolute Gasteiger partial charge is 0.361 e. The van der Waals surface area contributed by atoms with Gasteiger partial charge in [0.25, 0.3) is 11.8 Å². The van der Waals surface area contributed by atoms with Crippen molar-refractivity contribution in [1.29, 1.82) is 5.26 Å². The molecule has 2 heterocycles. The number of halogens is 1. The van der Waals surface area contributed by atoms with Crippen LogP contribution in [0, 0.1) is 30.0 Å². The summed E-state index contributed by atoms with van der Waals surface area (Å²) in [4.78, 5) is 52.5. The Bertz CT molecular complexity index is 1280. The third-order valence-corrected chi connectivity index (χ3v) is 6.23. The Morgan fingerprint density at radius 3 is 2.59 bits per heavy atom. The summed E-state index contributed by atoms with van der Waals surface area (Å²) < 4.78 is 18.4. The summed E-state index contributed by atoms with van der Waals surface area (Å²) in [6.07, 6.45) is 2.82. The number of aryl methyl sites for hydroxylation is 1. The number of amides is 4. The minimum Gasteiger partial charge on any atom is -0.361 e. The van der Waals surface area contributed by atoms with Gasteiger partial charge in [-0.2, -0.15) is 5.26 Å². The molecule has 0 aliphatic carbocycles. The Hall–Kier alpha value is -4.53. The van der Waals surface area contributed by atoms with Gasteiger partial charge in [-0.25, -0.2) is 4.39 Å². The Balaban J connectivity index is 1.89. The summed E-state index contributed by atoms with van der Waals surface area (Å²) in [5.41, 5.74) is 0.356. The SMILES string of the molecule is Cc1cc(C(=O)N[C@@H](Cc2ccc(F)cc2)C(=O)N[C@H](/C=C(\C#N)C(=O)N(C)C)C[C@@H]2CCCNC2=O)no1. The third-order valence-electron chi connectivity index (χ3n) is 6.23. The zero-order valence-electron chi connectivity index (χ0n) is 22.0. The summed E-state index contributed by atoms with van der Waals surface area (Å²) >= 11 is 0. The van der Waals surface area contributed by atoms with Crippen LogP contribution in [0.2, 0.25) is 0 Å². The molecule has 2 aromatic rings. The third kappa shape index (κ3) is 8.23. The van der Waals surface area contributed by atoms with Crippen LogP contribution in [0.25, 0.3) is 0 Å². The molecule has 12 heteroatoms. The van der Waals surface area contributed by atoms with E-state index in [2.05, 4.69) is 21.1 Å². The van der Waals surface area contributed by atoms with E-state index in [-0.39, 0.29) is 30.0 Å². The number of piperidine rings is 1. The first kappa shape index (κ1) is 29.0. The highest BCUT2D eigenvalue weighted by Gasteiger charge is 2.30. The molecule has 0 radical (unpaired) electrons. The number of nitrogens with zero attached hydrogens (tertiary/aromatic N) is 3. The zero-order chi connectivity index (χ0) is 28.5. The molecule has 1 aromatic carbocycles. The van der Waals surface area contributed by atoms with E-state index in [1.54, 1.807) is 6.92 Å². The molecule has 39 heavy (non-hydrogen) atoms. The fourth-order valence-corrected chi connectivity index (χ4v) is 4.19. The monoisotopic (exact) mass is 538 g/mol. The number of nitriles is 1. The van der Waals surface area contributed by atoms with Crippen LogP contribution in [-0.4, -0.2) is 66.4 Å². The van der Waals surface area contributed by atoms with E-state index in [1.807, 2.05) is 6.07 Å². The Labute approximate surface area is 225 Å². The lowest BCUT2D eigenvalue weighted by Gasteiger charge is -2.27. The number of hydrogen-bond donors (Lipinski definition) is 3. The van der Waals surface area contributed by atoms with Crippen molar-refractivity contribution in [1.82, 2.24) is 26.0 Å². The van der Waals surface area contributed by atoms with Crippen LogP contribution in [0.1, 0.15) is 41.1 Å². The molecule has 4 amide bonds. The Kier molecular flexibility index (Phi) is 9.92. The van der Waals surface area contributed by atoms with Crippen LogP contribution in [0.3, 0.4) is 0 Å². The van der Waals surface area contributed by atoms with E-state index < -0.39 is 41.5 Å². The van der Waals surface area contributed by atoms with Crippen molar-refractivity contribution in [3.8, 4) is 6.07 Å². The summed E-state index contributed by atoms with van der Waals surface area (Å²) in [5.74, 6) is -2.50. The van der Waals surface area contributed by atoms with E-state index in [9.17, 15) is 28.8 Å². The van der Waals surface area contributed by atoms with Gasteiger partial charge in [-0.15, -0.1) is 0 Å². The average Bonchev–Trinajstić information content (AvgIpc) is 3.35. The molecule has 0 unspecified atom stereocenters. The number of aromatic nitrogens is 1. The maximum Gasteiger partial charge on any atom is 0.274 e. The highest BCUT2D eigenvalue weighted by atomic mass is 19.1. The molecule has 1 saturated heterocycles. The second-order valence-corrected chi connectivity index (χ2v) is 9.55. The standard InChI is InChI=1S/C27H31FN6O5/c1-16-11-23(33-39-16)26(37)32-22(12-17-6-8-20(28)9-7-17)25(36)31-21(13-18-5-4-10-30-24(18)35)14-19(15-29)27(38)34(2)3/h6-9,11,14,18,21-22H,4-5,10,12-13H2,1-3H3,(H,30,35)(H,31,36)(H,32,37)/b19-14+/t18-,21-,22-/m0/s1. The number of nitrogens with one attached hydrogen (secondary N) is 3. The highest BCUT2D eigenvalue weighted by molar-refractivity contribution is 5.98. The molecule has 11 nitrogen and oxygen atoms in total. The summed E-state index contributed by atoms with van der Waals surface area (Å²) in [7, 11) is 2.99. The minimum absolute atomic E-state index is 0.0107. The molecule has 3 N–H and O–H groups in total. The first-order valence-electron chi connectivity index (χ1n) is 12.5. The fourth-order valence-electron chi connectivity index (χ4n) is 4.19. The lowest BCUT2D eigenvalue weighted by atomic mass is 9.90. The van der Waals surface area contributed by atoms with Gasteiger partial charge < -0.3 is 25.4 Å². The van der Waals surface area contributed by atoms with Gasteiger partial charge in [0.15, 0.2) is 5.69 Å². The summed E-state index contributed by atoms with van der Waals surface area (Å²) in [5, 5.41) is 21.5. The van der Waals surface area contributed by atoms with Gasteiger partial charge in [0, 0.05) is 45.1 Å². The van der Waals surface area contributed by atoms with Crippen molar-refractivity contribution in [2.45, 2.75) is 44.7 Å². The lowest BCUT2D eigenvalue weighted by Crippen LogP contribution is -2.51. The number of likely N-dealkylation sites (N-methyl/N-ethyl adjacent to an activating group) is 1. The van der Waals surface area contributed by atoms with Crippen LogP contribution in [0.5, 0.6) is 0 Å². The first-order valence-corrected chi connectivity index (χ1v) is 12.5. The van der Waals surface area contributed by atoms with Crippen LogP contribution >= 0.6 is 0 Å². The molecule has 3 atom stereocenters. The van der Waals surface area contributed by atoms with E-state index >= 15 is 0 Å².